The maximum absolute atomic E-state index is 12.0. The molecule has 2 aromatic rings. The van der Waals surface area contributed by atoms with Crippen LogP contribution in [0, 0.1) is 5.92 Å². The molecule has 94 valence electrons. The molecule has 0 bridgehead atoms. The third kappa shape index (κ3) is 2.01. The van der Waals surface area contributed by atoms with Gasteiger partial charge in [-0.3, -0.25) is 4.79 Å². The molecule has 1 saturated carbocycles. The second-order valence-electron chi connectivity index (χ2n) is 5.31. The van der Waals surface area contributed by atoms with Crippen molar-refractivity contribution < 1.29 is 0 Å². The Hall–Kier alpha value is -1.77. The molecule has 0 radical (unpaired) electrons. The van der Waals surface area contributed by atoms with Gasteiger partial charge in [-0.15, -0.1) is 0 Å². The van der Waals surface area contributed by atoms with Gasteiger partial charge >= 0.3 is 0 Å². The monoisotopic (exact) mass is 242 g/mol. The SMILES string of the molecule is CC1CCC(Nn2c(=O)ccc3ccccc32)C1. The Morgan fingerprint density at radius 3 is 2.78 bits per heavy atom. The van der Waals surface area contributed by atoms with Gasteiger partial charge in [-0.25, -0.2) is 4.68 Å². The van der Waals surface area contributed by atoms with Gasteiger partial charge in [-0.05, 0) is 37.3 Å². The minimum atomic E-state index is 0.0215. The minimum Gasteiger partial charge on any atom is -0.320 e. The smallest absolute Gasteiger partial charge is 0.269 e. The Bertz CT molecular complexity index is 617. The Balaban J connectivity index is 2.00. The van der Waals surface area contributed by atoms with E-state index in [2.05, 4.69) is 12.3 Å². The second-order valence-corrected chi connectivity index (χ2v) is 5.31. The summed E-state index contributed by atoms with van der Waals surface area (Å²) in [6.07, 6.45) is 3.55. The van der Waals surface area contributed by atoms with Crippen LogP contribution < -0.4 is 11.0 Å². The first-order valence-electron chi connectivity index (χ1n) is 6.61. The molecule has 3 nitrogen and oxygen atoms in total. The van der Waals surface area contributed by atoms with Crippen molar-refractivity contribution in [2.45, 2.75) is 32.2 Å². The summed E-state index contributed by atoms with van der Waals surface area (Å²) < 4.78 is 1.71. The topological polar surface area (TPSA) is 34.0 Å². The van der Waals surface area contributed by atoms with Crippen LogP contribution in [0.25, 0.3) is 10.9 Å². The normalized spacial score (nSPS) is 23.4. The molecule has 1 aliphatic rings. The summed E-state index contributed by atoms with van der Waals surface area (Å²) in [6, 6.07) is 11.9. The van der Waals surface area contributed by atoms with Gasteiger partial charge in [0.2, 0.25) is 0 Å². The van der Waals surface area contributed by atoms with Crippen molar-refractivity contribution >= 4 is 10.9 Å². The standard InChI is InChI=1S/C15H18N2O/c1-11-6-8-13(10-11)16-17-14-5-3-2-4-12(14)7-9-15(17)18/h2-5,7,9,11,13,16H,6,8,10H2,1H3. The number of para-hydroxylation sites is 1. The fraction of sp³-hybridized carbons (Fsp3) is 0.400. The number of nitrogens with one attached hydrogen (secondary N) is 1. The number of hydrogen-bond acceptors (Lipinski definition) is 2. The summed E-state index contributed by atoms with van der Waals surface area (Å²) in [4.78, 5) is 12.0. The minimum absolute atomic E-state index is 0.0215. The van der Waals surface area contributed by atoms with Crippen LogP contribution in [0.4, 0.5) is 0 Å². The van der Waals surface area contributed by atoms with Crippen LogP contribution in [-0.2, 0) is 0 Å². The van der Waals surface area contributed by atoms with E-state index < -0.39 is 0 Å². The van der Waals surface area contributed by atoms with E-state index in [-0.39, 0.29) is 5.56 Å². The van der Waals surface area contributed by atoms with Crippen LogP contribution in [0.3, 0.4) is 0 Å². The van der Waals surface area contributed by atoms with Gasteiger partial charge in [-0.1, -0.05) is 25.1 Å². The maximum atomic E-state index is 12.0. The van der Waals surface area contributed by atoms with E-state index in [0.717, 1.165) is 29.7 Å². The first-order valence-corrected chi connectivity index (χ1v) is 6.61. The average molecular weight is 242 g/mol. The quantitative estimate of drug-likeness (QED) is 0.878. The van der Waals surface area contributed by atoms with Crippen LogP contribution in [0.15, 0.2) is 41.2 Å². The van der Waals surface area contributed by atoms with Crippen LogP contribution >= 0.6 is 0 Å². The van der Waals surface area contributed by atoms with Gasteiger partial charge in [0.1, 0.15) is 0 Å². The fourth-order valence-corrected chi connectivity index (χ4v) is 2.83. The van der Waals surface area contributed by atoms with E-state index in [4.69, 9.17) is 0 Å². The van der Waals surface area contributed by atoms with E-state index >= 15 is 0 Å². The number of hydrogen-bond donors (Lipinski definition) is 1. The Kier molecular flexibility index (Phi) is 2.82. The average Bonchev–Trinajstić information content (AvgIpc) is 2.79. The predicted octanol–water partition coefficient (Wildman–Crippen LogP) is 2.73. The predicted molar refractivity (Wildman–Crippen MR) is 74.4 cm³/mol. The van der Waals surface area contributed by atoms with Crippen molar-refractivity contribution in [3.8, 4) is 0 Å². The molecule has 1 aromatic heterocycles. The number of pyridine rings is 1. The summed E-state index contributed by atoms with van der Waals surface area (Å²) in [5.41, 5.74) is 4.37. The molecular formula is C15H18N2O. The van der Waals surface area contributed by atoms with Crippen LogP contribution in [0.5, 0.6) is 0 Å². The second kappa shape index (κ2) is 4.48. The molecule has 2 unspecified atom stereocenters. The molecule has 2 atom stereocenters. The summed E-state index contributed by atoms with van der Waals surface area (Å²) in [7, 11) is 0. The van der Waals surface area contributed by atoms with Crippen molar-refractivity contribution in [2.75, 3.05) is 5.43 Å². The third-order valence-corrected chi connectivity index (χ3v) is 3.81. The molecule has 1 fully saturated rings. The number of benzene rings is 1. The fourth-order valence-electron chi connectivity index (χ4n) is 2.83. The molecule has 0 spiro atoms. The Labute approximate surface area is 106 Å². The summed E-state index contributed by atoms with van der Waals surface area (Å²) >= 11 is 0. The number of fused-ring (bicyclic) bond motifs is 1. The van der Waals surface area contributed by atoms with E-state index in [1.165, 1.54) is 6.42 Å². The first kappa shape index (κ1) is 11.3. The molecule has 1 aromatic carbocycles. The van der Waals surface area contributed by atoms with Gasteiger partial charge in [-0.2, -0.15) is 0 Å². The Morgan fingerprint density at radius 2 is 2.00 bits per heavy atom. The maximum Gasteiger partial charge on any atom is 0.269 e. The van der Waals surface area contributed by atoms with Gasteiger partial charge in [0.05, 0.1) is 5.52 Å². The molecule has 0 amide bonds. The lowest BCUT2D eigenvalue weighted by molar-refractivity contribution is 0.585. The van der Waals surface area contributed by atoms with Gasteiger partial charge < -0.3 is 5.43 Å². The van der Waals surface area contributed by atoms with Crippen molar-refractivity contribution in [3.05, 3.63) is 46.8 Å². The molecule has 3 heteroatoms. The molecule has 0 saturated heterocycles. The zero-order chi connectivity index (χ0) is 12.5. The molecule has 0 aliphatic heterocycles. The van der Waals surface area contributed by atoms with Gasteiger partial charge in [0, 0.05) is 17.5 Å². The van der Waals surface area contributed by atoms with Gasteiger partial charge in [0.15, 0.2) is 0 Å². The highest BCUT2D eigenvalue weighted by Gasteiger charge is 2.21. The highest BCUT2D eigenvalue weighted by molar-refractivity contribution is 5.78. The highest BCUT2D eigenvalue weighted by atomic mass is 16.1. The summed E-state index contributed by atoms with van der Waals surface area (Å²) in [5.74, 6) is 0.758. The van der Waals surface area contributed by atoms with Crippen LogP contribution in [0.1, 0.15) is 26.2 Å². The first-order chi connectivity index (χ1) is 8.74. The van der Waals surface area contributed by atoms with Crippen molar-refractivity contribution in [1.29, 1.82) is 0 Å². The third-order valence-electron chi connectivity index (χ3n) is 3.81. The number of rotatable bonds is 2. The molecule has 18 heavy (non-hydrogen) atoms. The van der Waals surface area contributed by atoms with Gasteiger partial charge in [0.25, 0.3) is 5.56 Å². The lowest BCUT2D eigenvalue weighted by Gasteiger charge is -2.18. The van der Waals surface area contributed by atoms with Crippen molar-refractivity contribution in [2.24, 2.45) is 5.92 Å². The van der Waals surface area contributed by atoms with E-state index in [0.29, 0.717) is 6.04 Å². The highest BCUT2D eigenvalue weighted by Crippen LogP contribution is 2.25. The van der Waals surface area contributed by atoms with E-state index in [9.17, 15) is 4.79 Å². The molecular weight excluding hydrogens is 224 g/mol. The number of nitrogens with zero attached hydrogens (tertiary/aromatic N) is 1. The lowest BCUT2D eigenvalue weighted by atomic mass is 10.1. The zero-order valence-corrected chi connectivity index (χ0v) is 10.6. The molecule has 1 heterocycles. The van der Waals surface area contributed by atoms with Crippen molar-refractivity contribution in [3.63, 3.8) is 0 Å². The molecule has 3 rings (SSSR count). The van der Waals surface area contributed by atoms with Crippen LogP contribution in [0.2, 0.25) is 0 Å². The van der Waals surface area contributed by atoms with E-state index in [1.54, 1.807) is 10.7 Å². The molecule has 1 aliphatic carbocycles. The van der Waals surface area contributed by atoms with Crippen LogP contribution in [-0.4, -0.2) is 10.7 Å². The molecule has 1 N–H and O–H groups in total. The zero-order valence-electron chi connectivity index (χ0n) is 10.6. The van der Waals surface area contributed by atoms with Crippen molar-refractivity contribution in [1.82, 2.24) is 4.68 Å². The largest absolute Gasteiger partial charge is 0.320 e. The number of aromatic nitrogens is 1. The summed E-state index contributed by atoms with van der Waals surface area (Å²) in [6.45, 7) is 2.27. The summed E-state index contributed by atoms with van der Waals surface area (Å²) in [5, 5.41) is 1.09. The van der Waals surface area contributed by atoms with E-state index in [1.807, 2.05) is 30.3 Å². The Morgan fingerprint density at radius 1 is 1.17 bits per heavy atom. The lowest BCUT2D eigenvalue weighted by Crippen LogP contribution is -2.34.